The molecule has 8 unspecified atom stereocenters. The van der Waals surface area contributed by atoms with Crippen LogP contribution < -0.4 is 0 Å². The first-order valence-corrected chi connectivity index (χ1v) is 36.8. The lowest BCUT2D eigenvalue weighted by molar-refractivity contribution is -0.210. The predicted molar refractivity (Wildman–Crippen MR) is 293 cm³/mol. The summed E-state index contributed by atoms with van der Waals surface area (Å²) in [6, 6.07) is 0. The molecule has 412 valence electrons. The van der Waals surface area contributed by atoms with E-state index in [2.05, 4.69) is 119 Å². The minimum atomic E-state index is -1.84. The smallest absolute Gasteiger partial charge is 0.303 e. The molecule has 12 heteroatoms. The van der Waals surface area contributed by atoms with Gasteiger partial charge in [-0.3, -0.25) is 9.59 Å². The second kappa shape index (κ2) is 21.8. The van der Waals surface area contributed by atoms with Crippen LogP contribution in [0.3, 0.4) is 0 Å². The summed E-state index contributed by atoms with van der Waals surface area (Å²) in [5, 5.41) is 12.6. The highest BCUT2D eigenvalue weighted by Gasteiger charge is 2.69. The fraction of sp³-hybridized carbons (Fsp3) is 0.967. The van der Waals surface area contributed by atoms with E-state index in [1.807, 2.05) is 0 Å². The fourth-order valence-electron chi connectivity index (χ4n) is 20.6. The summed E-state index contributed by atoms with van der Waals surface area (Å²) in [5.74, 6) is 5.43. The largest absolute Gasteiger partial charge is 0.481 e. The normalized spacial score (nSPS) is 47.4. The van der Waals surface area contributed by atoms with Crippen LogP contribution in [-0.4, -0.2) is 58.2 Å². The Kier molecular flexibility index (Phi) is 17.7. The third kappa shape index (κ3) is 10.7. The van der Waals surface area contributed by atoms with Gasteiger partial charge in [0.2, 0.25) is 5.91 Å². The molecule has 24 atom stereocenters. The predicted octanol–water partition coefficient (Wildman–Crippen LogP) is 17.1. The number of alkyl halides is 2. The highest BCUT2D eigenvalue weighted by molar-refractivity contribution is 6.70. The molecule has 72 heavy (non-hydrogen) atoms. The van der Waals surface area contributed by atoms with E-state index in [0.29, 0.717) is 71.5 Å². The van der Waals surface area contributed by atoms with Gasteiger partial charge < -0.3 is 14.0 Å². The van der Waals surface area contributed by atoms with Crippen molar-refractivity contribution in [1.82, 2.24) is 0 Å². The molecule has 8 nitrogen and oxygen atoms in total. The van der Waals surface area contributed by atoms with Gasteiger partial charge in [-0.05, 0) is 244 Å². The third-order valence-corrected chi connectivity index (χ3v) is 25.6. The van der Waals surface area contributed by atoms with Gasteiger partial charge in [-0.25, -0.2) is 8.78 Å². The highest BCUT2D eigenvalue weighted by atomic mass is 28.4. The van der Waals surface area contributed by atoms with Gasteiger partial charge in [0.25, 0.3) is 0 Å². The quantitative estimate of drug-likeness (QED) is 0.0804. The standard InChI is InChI=1S/C30H52FN3O2Si.C30H53FO3Si/c1-9-20-26-27(31)19(3)14-16-30(26,5)23-15-17-29(4)21(18(2)10-13-24(35)33-34-32)11-12-22(29)25(23)28(20)36-37(6,7)8;1-9-20-26-27(31)19(3)14-16-30(26,5)23-15-17-29(4)21(18(2)10-13-24(32)33)11-12-22(29)25(23)28(20)34-35(6,7)8/h18-23,25-28H,9-17H2,1-8H3;18-23,25-28H,9-17H2,1-8H3,(H,32,33)/t2*18-,19-,20-,21?,22?,23?,25?,26-,27+,28-,29-,30-/m11/s1. The van der Waals surface area contributed by atoms with E-state index >= 15 is 8.78 Å². The number of carbonyl (C=O) groups is 2. The van der Waals surface area contributed by atoms with Crippen molar-refractivity contribution in [2.75, 3.05) is 0 Å². The topological polar surface area (TPSA) is 122 Å². The number of nitrogens with zero attached hydrogens (tertiary/aromatic N) is 3. The Balaban J connectivity index is 0.000000212. The number of carboxylic acid groups (broad SMARTS) is 1. The van der Waals surface area contributed by atoms with Crippen molar-refractivity contribution >= 4 is 28.5 Å². The molecule has 0 radical (unpaired) electrons. The van der Waals surface area contributed by atoms with Gasteiger partial charge in [0.1, 0.15) is 12.3 Å². The molecule has 1 amide bonds. The van der Waals surface area contributed by atoms with Crippen molar-refractivity contribution in [2.24, 2.45) is 121 Å². The maximum atomic E-state index is 16.2. The van der Waals surface area contributed by atoms with E-state index in [-0.39, 0.29) is 75.8 Å². The maximum absolute atomic E-state index is 16.2. The van der Waals surface area contributed by atoms with Crippen molar-refractivity contribution in [2.45, 2.75) is 249 Å². The van der Waals surface area contributed by atoms with E-state index < -0.39 is 34.9 Å². The second-order valence-electron chi connectivity index (χ2n) is 29.6. The zero-order chi connectivity index (χ0) is 53.3. The van der Waals surface area contributed by atoms with Gasteiger partial charge in [0, 0.05) is 29.6 Å². The summed E-state index contributed by atoms with van der Waals surface area (Å²) >= 11 is 0. The van der Waals surface area contributed by atoms with Crippen molar-refractivity contribution < 1.29 is 32.3 Å². The summed E-state index contributed by atoms with van der Waals surface area (Å²) < 4.78 is 46.6. The molecule has 0 aliphatic heterocycles. The molecular formula is C60H105F2N3O5Si2. The number of hydrogen-bond acceptors (Lipinski definition) is 4. The number of carboxylic acids is 1. The molecule has 0 spiro atoms. The molecule has 0 aromatic heterocycles. The average Bonchev–Trinajstić information content (AvgIpc) is 3.84. The molecule has 0 saturated heterocycles. The molecule has 8 rings (SSSR count). The number of aliphatic carboxylic acids is 1. The van der Waals surface area contributed by atoms with Crippen molar-refractivity contribution in [3.05, 3.63) is 10.4 Å². The minimum Gasteiger partial charge on any atom is -0.481 e. The van der Waals surface area contributed by atoms with Gasteiger partial charge in [0.15, 0.2) is 16.6 Å². The van der Waals surface area contributed by atoms with Crippen LogP contribution >= 0.6 is 0 Å². The Hall–Kier alpha value is -1.34. The van der Waals surface area contributed by atoms with Crippen LogP contribution in [0.15, 0.2) is 5.11 Å². The van der Waals surface area contributed by atoms with Gasteiger partial charge >= 0.3 is 5.97 Å². The summed E-state index contributed by atoms with van der Waals surface area (Å²) in [6.45, 7) is 37.3. The van der Waals surface area contributed by atoms with Gasteiger partial charge in [0.05, 0.1) is 12.2 Å². The zero-order valence-corrected chi connectivity index (χ0v) is 50.5. The zero-order valence-electron chi connectivity index (χ0n) is 48.5. The number of fused-ring (bicyclic) bond motifs is 10. The Morgan fingerprint density at radius 2 is 0.986 bits per heavy atom. The van der Waals surface area contributed by atoms with Crippen LogP contribution in [0.4, 0.5) is 8.78 Å². The monoisotopic (exact) mass is 1040 g/mol. The minimum absolute atomic E-state index is 0.0588. The lowest BCUT2D eigenvalue weighted by atomic mass is 9.40. The lowest BCUT2D eigenvalue weighted by Gasteiger charge is -2.66. The van der Waals surface area contributed by atoms with Crippen LogP contribution in [0.1, 0.15) is 185 Å². The van der Waals surface area contributed by atoms with Gasteiger partial charge in [-0.1, -0.05) is 82.1 Å². The average molecular weight is 1040 g/mol. The third-order valence-electron chi connectivity index (χ3n) is 23.7. The summed E-state index contributed by atoms with van der Waals surface area (Å²) in [5.41, 5.74) is 9.21. The van der Waals surface area contributed by atoms with Crippen LogP contribution in [-0.2, 0) is 18.4 Å². The fourth-order valence-corrected chi connectivity index (χ4v) is 22.9. The molecular weight excluding hydrogens is 937 g/mol. The van der Waals surface area contributed by atoms with E-state index in [1.54, 1.807) is 0 Å². The number of carbonyl (C=O) groups excluding carboxylic acids is 1. The molecule has 8 aliphatic carbocycles. The van der Waals surface area contributed by atoms with Gasteiger partial charge in [-0.2, -0.15) is 0 Å². The van der Waals surface area contributed by atoms with Gasteiger partial charge in [-0.15, -0.1) is 0 Å². The number of azide groups is 1. The van der Waals surface area contributed by atoms with Crippen molar-refractivity contribution in [3.63, 3.8) is 0 Å². The number of hydrogen-bond donors (Lipinski definition) is 1. The van der Waals surface area contributed by atoms with E-state index in [1.165, 1.54) is 57.8 Å². The maximum Gasteiger partial charge on any atom is 0.303 e. The molecule has 8 aliphatic rings. The Bertz CT molecular complexity index is 1960. The lowest BCUT2D eigenvalue weighted by Crippen LogP contribution is -2.65. The Labute approximate surface area is 439 Å². The van der Waals surface area contributed by atoms with Crippen molar-refractivity contribution in [3.8, 4) is 0 Å². The number of halogens is 2. The first kappa shape index (κ1) is 58.3. The Morgan fingerprint density at radius 3 is 1.33 bits per heavy atom. The van der Waals surface area contributed by atoms with E-state index in [0.717, 1.165) is 44.9 Å². The number of rotatable bonds is 14. The molecule has 0 bridgehead atoms. The summed E-state index contributed by atoms with van der Waals surface area (Å²) in [7, 11) is -3.66. The molecule has 8 saturated carbocycles. The second-order valence-corrected chi connectivity index (χ2v) is 38.5. The number of amides is 1. The summed E-state index contributed by atoms with van der Waals surface area (Å²) in [6.07, 6.45) is 17.1. The Morgan fingerprint density at radius 1 is 0.625 bits per heavy atom. The van der Waals surface area contributed by atoms with Crippen LogP contribution in [0.2, 0.25) is 39.3 Å². The summed E-state index contributed by atoms with van der Waals surface area (Å²) in [4.78, 5) is 25.9. The molecule has 0 aromatic rings. The molecule has 0 heterocycles. The van der Waals surface area contributed by atoms with Crippen LogP contribution in [0, 0.1) is 116 Å². The SMILES string of the molecule is CC[C@@H]1[C@@H]2[C@@H](F)[C@H](C)CC[C@]2(C)C2CC[C@@]3(C)C(CCC3[C@H](C)CCC(=O)N=[N+]=[N-])C2[C@@H]1O[Si](C)(C)C.CC[C@@H]1[C@@H]2[C@@H](F)[C@H](C)CC[C@]2(C)C2CC[C@@]3(C)C(CCC3[C@H](C)CCC(=O)O)C2[C@@H]1O[Si](C)(C)C. The van der Waals surface area contributed by atoms with Crippen molar-refractivity contribution in [1.29, 1.82) is 0 Å². The van der Waals surface area contributed by atoms with Crippen LogP contribution in [0.5, 0.6) is 0 Å². The molecule has 1 N–H and O–H groups in total. The first-order chi connectivity index (χ1) is 33.5. The molecule has 0 aromatic carbocycles. The van der Waals surface area contributed by atoms with E-state index in [9.17, 15) is 14.7 Å². The van der Waals surface area contributed by atoms with E-state index in [4.69, 9.17) is 14.4 Å². The van der Waals surface area contributed by atoms with Crippen LogP contribution in [0.25, 0.3) is 10.4 Å². The molecule has 8 fully saturated rings. The first-order valence-electron chi connectivity index (χ1n) is 30.0. The highest BCUT2D eigenvalue weighted by Crippen LogP contribution is 2.73.